The Balaban J connectivity index is 2.87. The van der Waals surface area contributed by atoms with Gasteiger partial charge in [-0.2, -0.15) is 0 Å². The zero-order valence-corrected chi connectivity index (χ0v) is 10.7. The number of hydrogen-bond donors (Lipinski definition) is 3. The van der Waals surface area contributed by atoms with Crippen molar-refractivity contribution in [1.82, 2.24) is 5.32 Å². The van der Waals surface area contributed by atoms with Crippen molar-refractivity contribution in [1.29, 1.82) is 0 Å². The van der Waals surface area contributed by atoms with Crippen LogP contribution in [0.25, 0.3) is 0 Å². The number of phenols is 1. The molecule has 0 aliphatic carbocycles. The number of benzene rings is 1. The van der Waals surface area contributed by atoms with Gasteiger partial charge < -0.3 is 15.5 Å². The third kappa shape index (κ3) is 4.24. The van der Waals surface area contributed by atoms with Crippen LogP contribution in [0.1, 0.15) is 30.6 Å². The average molecular weight is 269 g/mol. The van der Waals surface area contributed by atoms with Gasteiger partial charge in [-0.15, -0.1) is 0 Å². The van der Waals surface area contributed by atoms with E-state index in [-0.39, 0.29) is 23.7 Å². The van der Waals surface area contributed by atoms with Crippen LogP contribution in [0.4, 0.5) is 4.39 Å². The summed E-state index contributed by atoms with van der Waals surface area (Å²) in [5, 5.41) is 20.7. The molecular formula is C13H16FNO4. The predicted octanol–water partition coefficient (Wildman–Crippen LogP) is 1.76. The Morgan fingerprint density at radius 3 is 2.53 bits per heavy atom. The summed E-state index contributed by atoms with van der Waals surface area (Å²) >= 11 is 0. The Hall–Kier alpha value is -2.11. The van der Waals surface area contributed by atoms with Gasteiger partial charge in [-0.1, -0.05) is 13.8 Å². The maximum atomic E-state index is 13.0. The summed E-state index contributed by atoms with van der Waals surface area (Å²) < 4.78 is 13.0. The largest absolute Gasteiger partial charge is 0.507 e. The number of amides is 1. The molecule has 0 spiro atoms. The molecule has 104 valence electrons. The third-order valence-electron chi connectivity index (χ3n) is 2.72. The summed E-state index contributed by atoms with van der Waals surface area (Å²) in [7, 11) is 0. The first-order valence-corrected chi connectivity index (χ1v) is 5.82. The maximum absolute atomic E-state index is 13.0. The van der Waals surface area contributed by atoms with E-state index in [2.05, 4.69) is 5.32 Å². The maximum Gasteiger partial charge on any atom is 0.305 e. The van der Waals surface area contributed by atoms with Crippen molar-refractivity contribution in [3.8, 4) is 5.75 Å². The molecule has 1 aromatic rings. The lowest BCUT2D eigenvalue weighted by molar-refractivity contribution is -0.137. The number of rotatable bonds is 5. The van der Waals surface area contributed by atoms with E-state index in [1.807, 2.05) is 0 Å². The monoisotopic (exact) mass is 269 g/mol. The first-order valence-electron chi connectivity index (χ1n) is 5.82. The van der Waals surface area contributed by atoms with E-state index in [9.17, 15) is 19.1 Å². The van der Waals surface area contributed by atoms with Gasteiger partial charge >= 0.3 is 5.97 Å². The van der Waals surface area contributed by atoms with Crippen molar-refractivity contribution >= 4 is 11.9 Å². The van der Waals surface area contributed by atoms with Gasteiger partial charge in [0, 0.05) is 6.04 Å². The molecular weight excluding hydrogens is 253 g/mol. The zero-order chi connectivity index (χ0) is 14.6. The summed E-state index contributed by atoms with van der Waals surface area (Å²) in [5.41, 5.74) is -0.212. The SMILES string of the molecule is CC(C)C(CC(=O)O)NC(=O)c1cc(F)ccc1O. The number of aliphatic carboxylic acids is 1. The van der Waals surface area contributed by atoms with Crippen LogP contribution >= 0.6 is 0 Å². The van der Waals surface area contributed by atoms with Crippen LogP contribution in [0.3, 0.4) is 0 Å². The van der Waals surface area contributed by atoms with Crippen molar-refractivity contribution in [2.75, 3.05) is 0 Å². The molecule has 0 saturated carbocycles. The Bertz CT molecular complexity index is 488. The molecule has 5 nitrogen and oxygen atoms in total. The number of aromatic hydroxyl groups is 1. The lowest BCUT2D eigenvalue weighted by atomic mass is 10.0. The number of halogens is 1. The van der Waals surface area contributed by atoms with Crippen LogP contribution in [0.5, 0.6) is 5.75 Å². The van der Waals surface area contributed by atoms with E-state index in [1.165, 1.54) is 0 Å². The highest BCUT2D eigenvalue weighted by Gasteiger charge is 2.21. The minimum atomic E-state index is -1.04. The molecule has 3 N–H and O–H groups in total. The second-order valence-electron chi connectivity index (χ2n) is 4.58. The van der Waals surface area contributed by atoms with Crippen LogP contribution in [-0.2, 0) is 4.79 Å². The van der Waals surface area contributed by atoms with Crippen molar-refractivity contribution in [3.05, 3.63) is 29.6 Å². The summed E-state index contributed by atoms with van der Waals surface area (Å²) in [6.07, 6.45) is -0.237. The van der Waals surface area contributed by atoms with E-state index < -0.39 is 23.7 Å². The molecule has 0 aliphatic rings. The van der Waals surface area contributed by atoms with Gasteiger partial charge in [0.25, 0.3) is 5.91 Å². The minimum Gasteiger partial charge on any atom is -0.507 e. The number of hydrogen-bond acceptors (Lipinski definition) is 3. The Labute approximate surface area is 110 Å². The van der Waals surface area contributed by atoms with Gasteiger partial charge in [-0.3, -0.25) is 9.59 Å². The third-order valence-corrected chi connectivity index (χ3v) is 2.72. The Morgan fingerprint density at radius 1 is 1.37 bits per heavy atom. The Morgan fingerprint density at radius 2 is 2.00 bits per heavy atom. The number of carbonyl (C=O) groups excluding carboxylic acids is 1. The van der Waals surface area contributed by atoms with E-state index in [0.29, 0.717) is 0 Å². The highest BCUT2D eigenvalue weighted by atomic mass is 19.1. The van der Waals surface area contributed by atoms with Crippen molar-refractivity contribution in [2.24, 2.45) is 5.92 Å². The molecule has 0 bridgehead atoms. The fraction of sp³-hybridized carbons (Fsp3) is 0.385. The lowest BCUT2D eigenvalue weighted by Gasteiger charge is -2.20. The van der Waals surface area contributed by atoms with E-state index in [0.717, 1.165) is 18.2 Å². The lowest BCUT2D eigenvalue weighted by Crippen LogP contribution is -2.40. The van der Waals surface area contributed by atoms with E-state index in [4.69, 9.17) is 5.11 Å². The quantitative estimate of drug-likeness (QED) is 0.760. The molecule has 19 heavy (non-hydrogen) atoms. The standard InChI is InChI=1S/C13H16FNO4/c1-7(2)10(6-12(17)18)15-13(19)9-5-8(14)3-4-11(9)16/h3-5,7,10,16H,6H2,1-2H3,(H,15,19)(H,17,18). The van der Waals surface area contributed by atoms with Gasteiger partial charge in [-0.05, 0) is 24.1 Å². The molecule has 0 aromatic heterocycles. The van der Waals surface area contributed by atoms with Crippen LogP contribution < -0.4 is 5.32 Å². The first-order chi connectivity index (χ1) is 8.81. The molecule has 1 atom stereocenters. The highest BCUT2D eigenvalue weighted by molar-refractivity contribution is 5.97. The average Bonchev–Trinajstić information content (AvgIpc) is 2.30. The predicted molar refractivity (Wildman–Crippen MR) is 66.4 cm³/mol. The van der Waals surface area contributed by atoms with Crippen LogP contribution in [-0.4, -0.2) is 28.1 Å². The number of phenolic OH excluding ortho intramolecular Hbond substituents is 1. The Kier molecular flexibility index (Phi) is 4.86. The molecule has 6 heteroatoms. The summed E-state index contributed by atoms with van der Waals surface area (Å²) in [6.45, 7) is 3.53. The molecule has 1 aromatic carbocycles. The summed E-state index contributed by atoms with van der Waals surface area (Å²) in [5.74, 6) is -2.84. The fourth-order valence-corrected chi connectivity index (χ4v) is 1.58. The molecule has 0 aliphatic heterocycles. The molecule has 0 radical (unpaired) electrons. The molecule has 1 amide bonds. The van der Waals surface area contributed by atoms with Crippen molar-refractivity contribution in [3.63, 3.8) is 0 Å². The smallest absolute Gasteiger partial charge is 0.305 e. The first kappa shape index (κ1) is 14.9. The highest BCUT2D eigenvalue weighted by Crippen LogP contribution is 2.18. The van der Waals surface area contributed by atoms with Crippen LogP contribution in [0, 0.1) is 11.7 Å². The molecule has 0 heterocycles. The van der Waals surface area contributed by atoms with Gasteiger partial charge in [0.05, 0.1) is 12.0 Å². The van der Waals surface area contributed by atoms with Crippen molar-refractivity contribution < 1.29 is 24.2 Å². The summed E-state index contributed by atoms with van der Waals surface area (Å²) in [6, 6.07) is 2.42. The summed E-state index contributed by atoms with van der Waals surface area (Å²) in [4.78, 5) is 22.6. The molecule has 1 unspecified atom stereocenters. The van der Waals surface area contributed by atoms with Gasteiger partial charge in [0.1, 0.15) is 11.6 Å². The zero-order valence-electron chi connectivity index (χ0n) is 10.7. The number of carboxylic acid groups (broad SMARTS) is 1. The number of carbonyl (C=O) groups is 2. The normalized spacial score (nSPS) is 12.2. The van der Waals surface area contributed by atoms with Gasteiger partial charge in [0.15, 0.2) is 0 Å². The van der Waals surface area contributed by atoms with E-state index in [1.54, 1.807) is 13.8 Å². The number of carboxylic acids is 1. The topological polar surface area (TPSA) is 86.6 Å². The minimum absolute atomic E-state index is 0.101. The second-order valence-corrected chi connectivity index (χ2v) is 4.58. The van der Waals surface area contributed by atoms with Crippen LogP contribution in [0.15, 0.2) is 18.2 Å². The molecule has 0 fully saturated rings. The fourth-order valence-electron chi connectivity index (χ4n) is 1.58. The van der Waals surface area contributed by atoms with Crippen molar-refractivity contribution in [2.45, 2.75) is 26.3 Å². The van der Waals surface area contributed by atoms with Crippen LogP contribution in [0.2, 0.25) is 0 Å². The molecule has 1 rings (SSSR count). The van der Waals surface area contributed by atoms with E-state index >= 15 is 0 Å². The number of nitrogens with one attached hydrogen (secondary N) is 1. The molecule has 0 saturated heterocycles. The van der Waals surface area contributed by atoms with Gasteiger partial charge in [-0.25, -0.2) is 4.39 Å². The van der Waals surface area contributed by atoms with Gasteiger partial charge in [0.2, 0.25) is 0 Å². The second kappa shape index (κ2) is 6.17.